The fourth-order valence-corrected chi connectivity index (χ4v) is 0.875. The van der Waals surface area contributed by atoms with E-state index in [0.717, 1.165) is 12.8 Å². The van der Waals surface area contributed by atoms with Gasteiger partial charge in [0.05, 0.1) is 7.11 Å². The van der Waals surface area contributed by atoms with Crippen LogP contribution in [0.3, 0.4) is 0 Å². The first-order valence-corrected chi connectivity index (χ1v) is 4.02. The van der Waals surface area contributed by atoms with Crippen molar-refractivity contribution < 1.29 is 4.74 Å². The van der Waals surface area contributed by atoms with Gasteiger partial charge >= 0.3 is 0 Å². The predicted octanol–water partition coefficient (Wildman–Crippen LogP) is 2.45. The van der Waals surface area contributed by atoms with Gasteiger partial charge in [-0.2, -0.15) is 0 Å². The van der Waals surface area contributed by atoms with Gasteiger partial charge in [-0.15, -0.1) is 0 Å². The number of hydrogen-bond acceptors (Lipinski definition) is 2. The number of aliphatic imine (C=N–C) groups is 1. The van der Waals surface area contributed by atoms with Gasteiger partial charge in [-0.3, -0.25) is 0 Å². The summed E-state index contributed by atoms with van der Waals surface area (Å²) in [5.74, 6) is 0.690. The zero-order valence-electron chi connectivity index (χ0n) is 7.23. The summed E-state index contributed by atoms with van der Waals surface area (Å²) in [6, 6.07) is 0. The Kier molecular flexibility index (Phi) is 3.92. The second-order valence-corrected chi connectivity index (χ2v) is 2.39. The molecule has 0 amide bonds. The predicted molar refractivity (Wildman–Crippen MR) is 51.1 cm³/mol. The van der Waals surface area contributed by atoms with Crippen molar-refractivity contribution in [2.75, 3.05) is 7.11 Å². The number of ether oxygens (including phenoxy) is 1. The highest BCUT2D eigenvalue weighted by atomic mass is 16.5. The van der Waals surface area contributed by atoms with Gasteiger partial charge in [0.25, 0.3) is 0 Å². The number of hydrogen-bond donors (Lipinski definition) is 0. The summed E-state index contributed by atoms with van der Waals surface area (Å²) in [5.41, 5.74) is 0. The standard InChI is InChI=1S/C10H13NO/c1-12-10-8-6-4-2-3-5-7-9-11-10/h2-5,8-9H,6-7H2,1H3/b4-2-,5-3-,10-8+,11-9-. The summed E-state index contributed by atoms with van der Waals surface area (Å²) in [5, 5.41) is 0. The fraction of sp³-hybridized carbons (Fsp3) is 0.300. The number of allylic oxidation sites excluding steroid dienone is 5. The lowest BCUT2D eigenvalue weighted by molar-refractivity contribution is 0.287. The van der Waals surface area contributed by atoms with Crippen LogP contribution in [-0.4, -0.2) is 13.3 Å². The highest BCUT2D eigenvalue weighted by Crippen LogP contribution is 2.01. The summed E-state index contributed by atoms with van der Waals surface area (Å²) in [6.45, 7) is 0. The van der Waals surface area contributed by atoms with Crippen molar-refractivity contribution in [3.8, 4) is 0 Å². The second-order valence-electron chi connectivity index (χ2n) is 2.39. The van der Waals surface area contributed by atoms with Crippen molar-refractivity contribution in [1.29, 1.82) is 0 Å². The van der Waals surface area contributed by atoms with Crippen LogP contribution in [0.15, 0.2) is 41.3 Å². The average Bonchev–Trinajstić information content (AvgIpc) is 2.14. The second kappa shape index (κ2) is 5.35. The molecule has 0 aromatic rings. The molecule has 2 nitrogen and oxygen atoms in total. The molecular formula is C10H13NO. The minimum Gasteiger partial charge on any atom is -0.481 e. The maximum atomic E-state index is 5.03. The van der Waals surface area contributed by atoms with Crippen LogP contribution >= 0.6 is 0 Å². The molecule has 1 aliphatic rings. The number of nitrogens with zero attached hydrogens (tertiary/aromatic N) is 1. The first-order valence-electron chi connectivity index (χ1n) is 4.02. The highest BCUT2D eigenvalue weighted by molar-refractivity contribution is 5.60. The first kappa shape index (κ1) is 8.78. The van der Waals surface area contributed by atoms with E-state index >= 15 is 0 Å². The Morgan fingerprint density at radius 3 is 2.75 bits per heavy atom. The van der Waals surface area contributed by atoms with Crippen molar-refractivity contribution in [2.24, 2.45) is 4.99 Å². The smallest absolute Gasteiger partial charge is 0.208 e. The van der Waals surface area contributed by atoms with Crippen LogP contribution in [0.1, 0.15) is 12.8 Å². The molecule has 0 saturated carbocycles. The largest absolute Gasteiger partial charge is 0.481 e. The van der Waals surface area contributed by atoms with Crippen molar-refractivity contribution in [2.45, 2.75) is 12.8 Å². The summed E-state index contributed by atoms with van der Waals surface area (Å²) in [7, 11) is 1.63. The molecule has 12 heavy (non-hydrogen) atoms. The zero-order chi connectivity index (χ0) is 8.65. The molecule has 1 heterocycles. The van der Waals surface area contributed by atoms with E-state index in [1.165, 1.54) is 0 Å². The molecule has 64 valence electrons. The van der Waals surface area contributed by atoms with Gasteiger partial charge in [-0.05, 0) is 12.5 Å². The molecular weight excluding hydrogens is 150 g/mol. The van der Waals surface area contributed by atoms with Crippen molar-refractivity contribution in [3.63, 3.8) is 0 Å². The van der Waals surface area contributed by atoms with Gasteiger partial charge in [0.15, 0.2) is 0 Å². The fourth-order valence-electron chi connectivity index (χ4n) is 0.875. The molecule has 0 saturated heterocycles. The number of methoxy groups -OCH3 is 1. The Bertz CT molecular complexity index is 236. The van der Waals surface area contributed by atoms with Gasteiger partial charge in [0.1, 0.15) is 0 Å². The monoisotopic (exact) mass is 163 g/mol. The molecule has 0 aliphatic carbocycles. The molecule has 0 spiro atoms. The van der Waals surface area contributed by atoms with E-state index in [-0.39, 0.29) is 0 Å². The first-order chi connectivity index (χ1) is 5.93. The Morgan fingerprint density at radius 1 is 1.25 bits per heavy atom. The van der Waals surface area contributed by atoms with Gasteiger partial charge in [-0.25, -0.2) is 4.99 Å². The van der Waals surface area contributed by atoms with Gasteiger partial charge in [0.2, 0.25) is 5.88 Å². The van der Waals surface area contributed by atoms with Crippen LogP contribution in [0.4, 0.5) is 0 Å². The van der Waals surface area contributed by atoms with E-state index in [2.05, 4.69) is 17.1 Å². The lowest BCUT2D eigenvalue weighted by atomic mass is 10.3. The SMILES string of the molecule is COC1=C/C/C=C\C=C/C/C=N\1. The Morgan fingerprint density at radius 2 is 2.00 bits per heavy atom. The third-order valence-electron chi connectivity index (χ3n) is 1.48. The zero-order valence-corrected chi connectivity index (χ0v) is 7.23. The summed E-state index contributed by atoms with van der Waals surface area (Å²) in [4.78, 5) is 4.13. The van der Waals surface area contributed by atoms with E-state index in [1.54, 1.807) is 7.11 Å². The molecule has 0 bridgehead atoms. The molecule has 0 N–H and O–H groups in total. The van der Waals surface area contributed by atoms with Crippen LogP contribution in [0, 0.1) is 0 Å². The van der Waals surface area contributed by atoms with Crippen LogP contribution in [0.25, 0.3) is 0 Å². The van der Waals surface area contributed by atoms with Crippen LogP contribution in [0.2, 0.25) is 0 Å². The summed E-state index contributed by atoms with van der Waals surface area (Å²) >= 11 is 0. The maximum Gasteiger partial charge on any atom is 0.208 e. The third kappa shape index (κ3) is 3.19. The molecule has 0 aromatic carbocycles. The van der Waals surface area contributed by atoms with E-state index in [9.17, 15) is 0 Å². The van der Waals surface area contributed by atoms with Crippen molar-refractivity contribution >= 4 is 6.21 Å². The molecule has 0 atom stereocenters. The van der Waals surface area contributed by atoms with Gasteiger partial charge in [-0.1, -0.05) is 24.3 Å². The van der Waals surface area contributed by atoms with Gasteiger partial charge < -0.3 is 4.74 Å². The summed E-state index contributed by atoms with van der Waals surface area (Å²) < 4.78 is 5.03. The quantitative estimate of drug-likeness (QED) is 0.581. The van der Waals surface area contributed by atoms with Crippen molar-refractivity contribution in [1.82, 2.24) is 0 Å². The summed E-state index contributed by atoms with van der Waals surface area (Å²) in [6.07, 6.45) is 13.7. The maximum absolute atomic E-state index is 5.03. The van der Waals surface area contributed by atoms with Crippen LogP contribution in [-0.2, 0) is 4.74 Å². The van der Waals surface area contributed by atoms with Gasteiger partial charge in [0, 0.05) is 12.6 Å². The molecule has 0 radical (unpaired) electrons. The molecule has 1 rings (SSSR count). The van der Waals surface area contributed by atoms with E-state index in [4.69, 9.17) is 4.74 Å². The molecule has 0 aromatic heterocycles. The lowest BCUT2D eigenvalue weighted by Gasteiger charge is -1.97. The minimum absolute atomic E-state index is 0.690. The number of rotatable bonds is 1. The molecule has 0 unspecified atom stereocenters. The topological polar surface area (TPSA) is 21.6 Å². The van der Waals surface area contributed by atoms with Crippen LogP contribution < -0.4 is 0 Å². The Labute approximate surface area is 73.0 Å². The Hall–Kier alpha value is -1.31. The van der Waals surface area contributed by atoms with Crippen LogP contribution in [0.5, 0.6) is 0 Å². The molecule has 1 aliphatic heterocycles. The van der Waals surface area contributed by atoms with E-state index < -0.39 is 0 Å². The minimum atomic E-state index is 0.690. The normalized spacial score (nSPS) is 29.6. The average molecular weight is 163 g/mol. The Balaban J connectivity index is 2.63. The lowest BCUT2D eigenvalue weighted by Crippen LogP contribution is -1.84. The molecule has 0 fully saturated rings. The van der Waals surface area contributed by atoms with E-state index in [1.807, 2.05) is 24.4 Å². The van der Waals surface area contributed by atoms with Crippen molar-refractivity contribution in [3.05, 3.63) is 36.3 Å². The van der Waals surface area contributed by atoms with E-state index in [0.29, 0.717) is 5.88 Å². The third-order valence-corrected chi connectivity index (χ3v) is 1.48. The highest BCUT2D eigenvalue weighted by Gasteiger charge is 1.88. The molecule has 2 heteroatoms.